The zero-order valence-electron chi connectivity index (χ0n) is 16.7. The monoisotopic (exact) mass is 382 g/mol. The predicted molar refractivity (Wildman–Crippen MR) is 107 cm³/mol. The molecule has 28 heavy (non-hydrogen) atoms. The second-order valence-electron chi connectivity index (χ2n) is 8.28. The number of nitrogens with zero attached hydrogens (tertiary/aromatic N) is 1. The minimum absolute atomic E-state index is 0.0657. The van der Waals surface area contributed by atoms with E-state index < -0.39 is 6.04 Å². The maximum Gasteiger partial charge on any atom is 0.247 e. The summed E-state index contributed by atoms with van der Waals surface area (Å²) in [5.41, 5.74) is 3.08. The zero-order valence-corrected chi connectivity index (χ0v) is 16.7. The Bertz CT molecular complexity index is 838. The largest absolute Gasteiger partial charge is 0.352 e. The highest BCUT2D eigenvalue weighted by Gasteiger charge is 2.33. The van der Waals surface area contributed by atoms with Crippen molar-refractivity contribution < 1.29 is 14.0 Å². The van der Waals surface area contributed by atoms with Gasteiger partial charge in [0.05, 0.1) is 0 Å². The number of piperazine rings is 1. The fraction of sp³-hybridized carbons (Fsp3) is 0.391. The van der Waals surface area contributed by atoms with Crippen LogP contribution in [-0.2, 0) is 21.4 Å². The van der Waals surface area contributed by atoms with Crippen molar-refractivity contribution in [3.63, 3.8) is 0 Å². The summed E-state index contributed by atoms with van der Waals surface area (Å²) in [6.45, 7) is 7.39. The highest BCUT2D eigenvalue weighted by atomic mass is 19.1. The molecule has 1 fully saturated rings. The average Bonchev–Trinajstić information content (AvgIpc) is 2.66. The molecule has 1 atom stereocenters. The minimum atomic E-state index is -0.704. The van der Waals surface area contributed by atoms with Crippen LogP contribution in [0.4, 0.5) is 4.39 Å². The number of aryl methyl sites for hydroxylation is 1. The third-order valence-corrected chi connectivity index (χ3v) is 5.17. The molecule has 1 unspecified atom stereocenters. The molecule has 4 nitrogen and oxygen atoms in total. The van der Waals surface area contributed by atoms with Crippen LogP contribution in [0.3, 0.4) is 0 Å². The number of nitrogens with one attached hydrogen (secondary N) is 1. The van der Waals surface area contributed by atoms with Crippen molar-refractivity contribution in [2.24, 2.45) is 0 Å². The molecule has 1 saturated heterocycles. The van der Waals surface area contributed by atoms with E-state index in [9.17, 15) is 14.0 Å². The highest BCUT2D eigenvalue weighted by Crippen LogP contribution is 2.25. The lowest BCUT2D eigenvalue weighted by Gasteiger charge is -2.35. The van der Waals surface area contributed by atoms with Gasteiger partial charge in [0.15, 0.2) is 0 Å². The van der Waals surface area contributed by atoms with Crippen LogP contribution in [-0.4, -0.2) is 29.8 Å². The van der Waals surface area contributed by atoms with E-state index in [2.05, 4.69) is 50.4 Å². The van der Waals surface area contributed by atoms with Gasteiger partial charge in [-0.15, -0.1) is 0 Å². The number of rotatable bonds is 4. The fourth-order valence-corrected chi connectivity index (χ4v) is 3.48. The molecule has 0 radical (unpaired) electrons. The molecule has 0 bridgehead atoms. The van der Waals surface area contributed by atoms with Crippen molar-refractivity contribution in [2.75, 3.05) is 13.1 Å². The SMILES string of the molecule is CC(C)(C)c1ccc(CCC(=O)N2CCNC(=O)C2c2ccc(F)cc2)cc1. The third kappa shape index (κ3) is 4.58. The molecule has 0 aromatic heterocycles. The van der Waals surface area contributed by atoms with Crippen molar-refractivity contribution in [3.8, 4) is 0 Å². The lowest BCUT2D eigenvalue weighted by atomic mass is 9.86. The Morgan fingerprint density at radius 1 is 1.11 bits per heavy atom. The van der Waals surface area contributed by atoms with Gasteiger partial charge >= 0.3 is 0 Å². The minimum Gasteiger partial charge on any atom is -0.352 e. The molecule has 2 amide bonds. The van der Waals surface area contributed by atoms with E-state index in [4.69, 9.17) is 0 Å². The van der Waals surface area contributed by atoms with Gasteiger partial charge in [-0.25, -0.2) is 4.39 Å². The molecule has 148 valence electrons. The molecule has 0 spiro atoms. The summed E-state index contributed by atoms with van der Waals surface area (Å²) in [6.07, 6.45) is 0.956. The standard InChI is InChI=1S/C23H27FN2O2/c1-23(2,3)18-9-4-16(5-10-18)6-13-20(27)26-15-14-25-22(28)21(26)17-7-11-19(24)12-8-17/h4-5,7-12,21H,6,13-15H2,1-3H3,(H,25,28). The summed E-state index contributed by atoms with van der Waals surface area (Å²) in [7, 11) is 0. The summed E-state index contributed by atoms with van der Waals surface area (Å²) < 4.78 is 13.2. The average molecular weight is 382 g/mol. The Balaban J connectivity index is 1.69. The molecule has 0 aliphatic carbocycles. The number of hydrogen-bond donors (Lipinski definition) is 1. The van der Waals surface area contributed by atoms with Crippen LogP contribution in [0.2, 0.25) is 0 Å². The molecule has 2 aromatic carbocycles. The van der Waals surface area contributed by atoms with Crippen molar-refractivity contribution in [3.05, 3.63) is 71.0 Å². The van der Waals surface area contributed by atoms with Gasteiger partial charge in [-0.2, -0.15) is 0 Å². The van der Waals surface area contributed by atoms with E-state index in [1.54, 1.807) is 17.0 Å². The lowest BCUT2D eigenvalue weighted by Crippen LogP contribution is -2.52. The van der Waals surface area contributed by atoms with Gasteiger partial charge in [-0.05, 0) is 40.7 Å². The molecular formula is C23H27FN2O2. The first-order chi connectivity index (χ1) is 13.3. The van der Waals surface area contributed by atoms with E-state index in [0.717, 1.165) is 5.56 Å². The lowest BCUT2D eigenvalue weighted by molar-refractivity contribution is -0.143. The smallest absolute Gasteiger partial charge is 0.247 e. The molecule has 1 N–H and O–H groups in total. The third-order valence-electron chi connectivity index (χ3n) is 5.17. The molecule has 5 heteroatoms. The molecule has 2 aromatic rings. The van der Waals surface area contributed by atoms with Crippen LogP contribution in [0.25, 0.3) is 0 Å². The van der Waals surface area contributed by atoms with Gasteiger partial charge < -0.3 is 10.2 Å². The van der Waals surface area contributed by atoms with E-state index in [-0.39, 0.29) is 23.0 Å². The summed E-state index contributed by atoms with van der Waals surface area (Å²) in [5.74, 6) is -0.652. The van der Waals surface area contributed by atoms with Crippen molar-refractivity contribution in [2.45, 2.75) is 45.1 Å². The van der Waals surface area contributed by atoms with Gasteiger partial charge in [0.2, 0.25) is 11.8 Å². The Kier molecular flexibility index (Phi) is 5.82. The van der Waals surface area contributed by atoms with E-state index >= 15 is 0 Å². The van der Waals surface area contributed by atoms with Gasteiger partial charge in [-0.1, -0.05) is 57.2 Å². The molecule has 3 rings (SSSR count). The Morgan fingerprint density at radius 3 is 2.36 bits per heavy atom. The maximum absolute atomic E-state index is 13.2. The van der Waals surface area contributed by atoms with Crippen LogP contribution in [0.5, 0.6) is 0 Å². The Hall–Kier alpha value is -2.69. The van der Waals surface area contributed by atoms with Gasteiger partial charge in [0.1, 0.15) is 11.9 Å². The number of benzene rings is 2. The molecule has 1 aliphatic heterocycles. The van der Waals surface area contributed by atoms with Crippen molar-refractivity contribution in [1.29, 1.82) is 0 Å². The predicted octanol–water partition coefficient (Wildman–Crippen LogP) is 3.76. The van der Waals surface area contributed by atoms with Crippen LogP contribution < -0.4 is 5.32 Å². The Morgan fingerprint density at radius 2 is 1.75 bits per heavy atom. The molecule has 0 saturated carbocycles. The van der Waals surface area contributed by atoms with Gasteiger partial charge in [0, 0.05) is 19.5 Å². The first kappa shape index (κ1) is 20.1. The van der Waals surface area contributed by atoms with Crippen LogP contribution in [0.15, 0.2) is 48.5 Å². The zero-order chi connectivity index (χ0) is 20.3. The fourth-order valence-electron chi connectivity index (χ4n) is 3.48. The highest BCUT2D eigenvalue weighted by molar-refractivity contribution is 5.89. The quantitative estimate of drug-likeness (QED) is 0.875. The molecular weight excluding hydrogens is 355 g/mol. The second kappa shape index (κ2) is 8.13. The van der Waals surface area contributed by atoms with Crippen molar-refractivity contribution in [1.82, 2.24) is 10.2 Å². The molecule has 1 aliphatic rings. The first-order valence-corrected chi connectivity index (χ1v) is 9.68. The van der Waals surface area contributed by atoms with Crippen LogP contribution >= 0.6 is 0 Å². The normalized spacial score (nSPS) is 17.4. The summed E-state index contributed by atoms with van der Waals surface area (Å²) in [4.78, 5) is 26.9. The maximum atomic E-state index is 13.2. The second-order valence-corrected chi connectivity index (χ2v) is 8.28. The number of amides is 2. The topological polar surface area (TPSA) is 49.4 Å². The number of carbonyl (C=O) groups excluding carboxylic acids is 2. The summed E-state index contributed by atoms with van der Waals surface area (Å²) in [5, 5.41) is 2.80. The molecule has 1 heterocycles. The van der Waals surface area contributed by atoms with Crippen LogP contribution in [0.1, 0.15) is 49.9 Å². The van der Waals surface area contributed by atoms with Gasteiger partial charge in [0.25, 0.3) is 0 Å². The van der Waals surface area contributed by atoms with E-state index in [0.29, 0.717) is 31.5 Å². The first-order valence-electron chi connectivity index (χ1n) is 9.68. The van der Waals surface area contributed by atoms with Crippen molar-refractivity contribution >= 4 is 11.8 Å². The summed E-state index contributed by atoms with van der Waals surface area (Å²) in [6, 6.07) is 13.4. The van der Waals surface area contributed by atoms with Gasteiger partial charge in [-0.3, -0.25) is 9.59 Å². The number of halogens is 1. The van der Waals surface area contributed by atoms with E-state index in [1.165, 1.54) is 17.7 Å². The number of carbonyl (C=O) groups is 2. The summed E-state index contributed by atoms with van der Waals surface area (Å²) >= 11 is 0. The Labute approximate surface area is 165 Å². The van der Waals surface area contributed by atoms with E-state index in [1.807, 2.05) is 0 Å². The number of hydrogen-bond acceptors (Lipinski definition) is 2. The van der Waals surface area contributed by atoms with Crippen LogP contribution in [0, 0.1) is 5.82 Å².